The number of anilines is 2. The third kappa shape index (κ3) is 6.66. The summed E-state index contributed by atoms with van der Waals surface area (Å²) in [6.07, 6.45) is 0. The van der Waals surface area contributed by atoms with Crippen molar-refractivity contribution in [2.24, 2.45) is 0 Å². The van der Waals surface area contributed by atoms with Crippen LogP contribution in [0.5, 0.6) is 11.5 Å². The van der Waals surface area contributed by atoms with Crippen LogP contribution in [0.1, 0.15) is 29.7 Å². The van der Waals surface area contributed by atoms with Crippen LogP contribution in [0.2, 0.25) is 0 Å². The number of halogens is 1. The molecule has 0 bridgehead atoms. The van der Waals surface area contributed by atoms with Gasteiger partial charge in [-0.2, -0.15) is 4.98 Å². The summed E-state index contributed by atoms with van der Waals surface area (Å²) in [5.74, 6) is 2.34. The predicted octanol–water partition coefficient (Wildman–Crippen LogP) is 7.85. The third-order valence-electron chi connectivity index (χ3n) is 7.16. The van der Waals surface area contributed by atoms with Crippen molar-refractivity contribution in [1.82, 2.24) is 14.8 Å². The first kappa shape index (κ1) is 29.5. The fourth-order valence-electron chi connectivity index (χ4n) is 4.95. The van der Waals surface area contributed by atoms with Gasteiger partial charge in [0.25, 0.3) is 5.91 Å². The van der Waals surface area contributed by atoms with E-state index in [9.17, 15) is 4.79 Å². The van der Waals surface area contributed by atoms with Crippen LogP contribution in [0.3, 0.4) is 0 Å². The van der Waals surface area contributed by atoms with Crippen LogP contribution in [-0.4, -0.2) is 27.8 Å². The van der Waals surface area contributed by atoms with Gasteiger partial charge >= 0.3 is 0 Å². The average Bonchev–Trinajstić information content (AvgIpc) is 3.46. The van der Waals surface area contributed by atoms with E-state index in [1.54, 1.807) is 23.6 Å². The molecule has 2 N–H and O–H groups in total. The number of methoxy groups -OCH3 is 1. The first-order valence-corrected chi connectivity index (χ1v) is 15.8. The van der Waals surface area contributed by atoms with Crippen LogP contribution >= 0.6 is 27.7 Å². The van der Waals surface area contributed by atoms with Crippen molar-refractivity contribution in [3.63, 3.8) is 0 Å². The monoisotopic (exact) mass is 667 g/mol. The fraction of sp³-hybridized carbons (Fsp3) is 0.147. The summed E-state index contributed by atoms with van der Waals surface area (Å²) < 4.78 is 14.3. The van der Waals surface area contributed by atoms with E-state index in [1.165, 1.54) is 5.56 Å². The van der Waals surface area contributed by atoms with E-state index in [4.69, 9.17) is 19.6 Å². The van der Waals surface area contributed by atoms with E-state index in [0.717, 1.165) is 27.1 Å². The van der Waals surface area contributed by atoms with Gasteiger partial charge in [0.1, 0.15) is 24.1 Å². The summed E-state index contributed by atoms with van der Waals surface area (Å²) in [6, 6.07) is 32.8. The highest BCUT2D eigenvalue weighted by Crippen LogP contribution is 2.38. The molecule has 5 aromatic rings. The van der Waals surface area contributed by atoms with Crippen molar-refractivity contribution in [1.29, 1.82) is 0 Å². The molecule has 2 heterocycles. The number of allylic oxidation sites excluding steroid dienone is 1. The largest absolute Gasteiger partial charge is 0.495 e. The molecule has 0 fully saturated rings. The Labute approximate surface area is 268 Å². The fourth-order valence-corrected chi connectivity index (χ4v) is 6.00. The van der Waals surface area contributed by atoms with Crippen LogP contribution in [-0.2, 0) is 17.2 Å². The van der Waals surface area contributed by atoms with Gasteiger partial charge in [-0.05, 0) is 60.0 Å². The zero-order valence-electron chi connectivity index (χ0n) is 24.2. The number of amides is 1. The lowest BCUT2D eigenvalue weighted by atomic mass is 9.95. The van der Waals surface area contributed by atoms with Gasteiger partial charge in [-0.25, -0.2) is 4.68 Å². The van der Waals surface area contributed by atoms with Crippen molar-refractivity contribution in [3.8, 4) is 11.5 Å². The lowest BCUT2D eigenvalue weighted by molar-refractivity contribution is -0.113. The summed E-state index contributed by atoms with van der Waals surface area (Å²) >= 11 is 5.02. The number of benzene rings is 4. The molecule has 44 heavy (non-hydrogen) atoms. The smallest absolute Gasteiger partial charge is 0.255 e. The van der Waals surface area contributed by atoms with E-state index < -0.39 is 6.04 Å². The first-order valence-electron chi connectivity index (χ1n) is 14.0. The van der Waals surface area contributed by atoms with Crippen molar-refractivity contribution in [2.75, 3.05) is 17.7 Å². The number of nitrogens with one attached hydrogen (secondary N) is 2. The van der Waals surface area contributed by atoms with Gasteiger partial charge in [0.15, 0.2) is 0 Å². The van der Waals surface area contributed by atoms with Gasteiger partial charge in [-0.1, -0.05) is 94.4 Å². The number of carbonyl (C=O) groups excluding carboxylic acids is 1. The summed E-state index contributed by atoms with van der Waals surface area (Å²) in [5.41, 5.74) is 4.92. The van der Waals surface area contributed by atoms with Gasteiger partial charge in [-0.3, -0.25) is 4.79 Å². The maximum absolute atomic E-state index is 13.9. The van der Waals surface area contributed by atoms with E-state index >= 15 is 0 Å². The number of para-hydroxylation sites is 2. The lowest BCUT2D eigenvalue weighted by Crippen LogP contribution is -2.31. The number of fused-ring (bicyclic) bond motifs is 1. The Balaban J connectivity index is 1.30. The minimum Gasteiger partial charge on any atom is -0.495 e. The molecular weight excluding hydrogens is 638 g/mol. The standard InChI is InChI=1S/C34H30BrN5O3S/c1-22-30(32(41)37-28-10-6-7-11-29(28)42-2)31(25-14-18-27(19-15-25)43-20-23-12-16-26(35)17-13-23)40-33(36-22)38-34(39-40)44-21-24-8-4-3-5-9-24/h3-19,31H,20-21H2,1-2H3,(H,37,41)(H,36,38,39). The van der Waals surface area contributed by atoms with Crippen LogP contribution in [0.15, 0.2) is 124 Å². The maximum atomic E-state index is 13.9. The normalized spacial score (nSPS) is 14.0. The van der Waals surface area contributed by atoms with Crippen LogP contribution in [0.4, 0.5) is 11.6 Å². The minimum absolute atomic E-state index is 0.264. The van der Waals surface area contributed by atoms with Crippen LogP contribution in [0, 0.1) is 0 Å². The topological polar surface area (TPSA) is 90.3 Å². The number of thioether (sulfide) groups is 1. The molecule has 0 spiro atoms. The second-order valence-corrected chi connectivity index (χ2v) is 12.0. The second-order valence-electron chi connectivity index (χ2n) is 10.1. The molecule has 1 amide bonds. The zero-order chi connectivity index (χ0) is 30.5. The molecular formula is C34H30BrN5O3S. The Bertz CT molecular complexity index is 1790. The van der Waals surface area contributed by atoms with Crippen LogP contribution < -0.4 is 20.1 Å². The van der Waals surface area contributed by atoms with Gasteiger partial charge < -0.3 is 20.1 Å². The quantitative estimate of drug-likeness (QED) is 0.147. The molecule has 0 saturated carbocycles. The summed E-state index contributed by atoms with van der Waals surface area (Å²) in [6.45, 7) is 2.33. The molecule has 1 unspecified atom stereocenters. The highest BCUT2D eigenvalue weighted by Gasteiger charge is 2.34. The molecule has 10 heteroatoms. The van der Waals surface area contributed by atoms with Gasteiger partial charge in [-0.15, -0.1) is 5.10 Å². The maximum Gasteiger partial charge on any atom is 0.255 e. The van der Waals surface area contributed by atoms with Crippen molar-refractivity contribution < 1.29 is 14.3 Å². The number of hydrogen-bond donors (Lipinski definition) is 2. The lowest BCUT2D eigenvalue weighted by Gasteiger charge is -2.29. The number of nitrogens with zero attached hydrogens (tertiary/aromatic N) is 3. The van der Waals surface area contributed by atoms with E-state index in [0.29, 0.717) is 40.4 Å². The Morgan fingerprint density at radius 3 is 2.43 bits per heavy atom. The molecule has 6 rings (SSSR count). The number of ether oxygens (including phenoxy) is 2. The van der Waals surface area contributed by atoms with E-state index in [-0.39, 0.29) is 5.91 Å². The van der Waals surface area contributed by atoms with Crippen molar-refractivity contribution in [3.05, 3.63) is 136 Å². The van der Waals surface area contributed by atoms with E-state index in [1.807, 2.05) is 97.9 Å². The van der Waals surface area contributed by atoms with E-state index in [2.05, 4.69) is 38.7 Å². The zero-order valence-corrected chi connectivity index (χ0v) is 26.6. The van der Waals surface area contributed by atoms with Crippen LogP contribution in [0.25, 0.3) is 0 Å². The third-order valence-corrected chi connectivity index (χ3v) is 8.60. The van der Waals surface area contributed by atoms with Gasteiger partial charge in [0, 0.05) is 15.9 Å². The highest BCUT2D eigenvalue weighted by atomic mass is 79.9. The Kier molecular flexibility index (Phi) is 8.99. The average molecular weight is 669 g/mol. The molecule has 222 valence electrons. The number of hydrogen-bond acceptors (Lipinski definition) is 7. The molecule has 0 saturated heterocycles. The molecule has 4 aromatic carbocycles. The molecule has 1 aromatic heterocycles. The Hall–Kier alpha value is -4.54. The summed E-state index contributed by atoms with van der Waals surface area (Å²) in [7, 11) is 1.58. The Morgan fingerprint density at radius 1 is 0.955 bits per heavy atom. The highest BCUT2D eigenvalue weighted by molar-refractivity contribution is 9.10. The van der Waals surface area contributed by atoms with Crippen molar-refractivity contribution >= 4 is 45.2 Å². The van der Waals surface area contributed by atoms with Crippen molar-refractivity contribution in [2.45, 2.75) is 30.5 Å². The molecule has 0 aliphatic carbocycles. The summed E-state index contributed by atoms with van der Waals surface area (Å²) in [5, 5.41) is 11.8. The Morgan fingerprint density at radius 2 is 1.68 bits per heavy atom. The summed E-state index contributed by atoms with van der Waals surface area (Å²) in [4.78, 5) is 18.7. The molecule has 8 nitrogen and oxygen atoms in total. The number of aromatic nitrogens is 3. The molecule has 0 radical (unpaired) electrons. The molecule has 1 aliphatic heterocycles. The molecule has 1 atom stereocenters. The SMILES string of the molecule is COc1ccccc1NC(=O)C1=C(C)Nc2nc(SCc3ccccc3)nn2C1c1ccc(OCc2ccc(Br)cc2)cc1. The molecule has 1 aliphatic rings. The first-order chi connectivity index (χ1) is 21.5. The second kappa shape index (κ2) is 13.4. The van der Waals surface area contributed by atoms with Gasteiger partial charge in [0.2, 0.25) is 11.1 Å². The number of rotatable bonds is 10. The number of carbonyl (C=O) groups is 1. The predicted molar refractivity (Wildman–Crippen MR) is 177 cm³/mol. The van der Waals surface area contributed by atoms with Gasteiger partial charge in [0.05, 0.1) is 18.4 Å². The minimum atomic E-state index is -0.528.